The highest BCUT2D eigenvalue weighted by Gasteiger charge is 2.25. The van der Waals surface area contributed by atoms with Crippen LogP contribution in [0.5, 0.6) is 5.75 Å². The molecule has 0 saturated carbocycles. The summed E-state index contributed by atoms with van der Waals surface area (Å²) in [5, 5.41) is 2.92. The van der Waals surface area contributed by atoms with Gasteiger partial charge in [-0.2, -0.15) is 0 Å². The zero-order valence-corrected chi connectivity index (χ0v) is 14.3. The van der Waals surface area contributed by atoms with Gasteiger partial charge >= 0.3 is 0 Å². The number of nitrogens with one attached hydrogen (secondary N) is 1. The molecule has 0 atom stereocenters. The lowest BCUT2D eigenvalue weighted by atomic mass is 10.1. The molecular weight excluding hydrogens is 316 g/mol. The fourth-order valence-electron chi connectivity index (χ4n) is 2.80. The van der Waals surface area contributed by atoms with Crippen molar-refractivity contribution in [3.05, 3.63) is 59.7 Å². The molecule has 5 heteroatoms. The van der Waals surface area contributed by atoms with Gasteiger partial charge in [0.1, 0.15) is 5.75 Å². The lowest BCUT2D eigenvalue weighted by Crippen LogP contribution is -2.41. The molecule has 1 aliphatic rings. The molecule has 2 aromatic carbocycles. The van der Waals surface area contributed by atoms with E-state index in [2.05, 4.69) is 36.5 Å². The van der Waals surface area contributed by atoms with Gasteiger partial charge in [0.15, 0.2) is 6.61 Å². The molecule has 2 amide bonds. The van der Waals surface area contributed by atoms with Gasteiger partial charge in [0.2, 0.25) is 5.91 Å². The fraction of sp³-hybridized carbons (Fsp3) is 0.300. The van der Waals surface area contributed by atoms with Gasteiger partial charge in [-0.1, -0.05) is 42.0 Å². The molecule has 0 aromatic heterocycles. The van der Waals surface area contributed by atoms with Gasteiger partial charge in [-0.05, 0) is 31.0 Å². The Kier molecular flexibility index (Phi) is 5.33. The maximum Gasteiger partial charge on any atom is 0.265 e. The van der Waals surface area contributed by atoms with Crippen molar-refractivity contribution in [1.29, 1.82) is 0 Å². The van der Waals surface area contributed by atoms with Crippen LogP contribution in [0.25, 0.3) is 0 Å². The van der Waals surface area contributed by atoms with Gasteiger partial charge in [-0.3, -0.25) is 9.59 Å². The Hall–Kier alpha value is -2.82. The van der Waals surface area contributed by atoms with Gasteiger partial charge in [0, 0.05) is 19.5 Å². The van der Waals surface area contributed by atoms with Crippen molar-refractivity contribution in [3.63, 3.8) is 0 Å². The molecule has 2 aromatic rings. The highest BCUT2D eigenvalue weighted by molar-refractivity contribution is 5.98. The standard InChI is InChI=1S/C20H22N2O3/c1-15-6-8-16(9-7-15)10-12-21-19(23)11-13-22-17-4-2-3-5-18(17)25-14-20(22)24/h2-9H,10-14H2,1H3,(H,21,23). The Labute approximate surface area is 147 Å². The van der Waals surface area contributed by atoms with E-state index >= 15 is 0 Å². The summed E-state index contributed by atoms with van der Waals surface area (Å²) >= 11 is 0. The highest BCUT2D eigenvalue weighted by Crippen LogP contribution is 2.31. The van der Waals surface area contributed by atoms with E-state index in [-0.39, 0.29) is 24.8 Å². The van der Waals surface area contributed by atoms with E-state index in [0.29, 0.717) is 18.8 Å². The van der Waals surface area contributed by atoms with Crippen LogP contribution in [0.15, 0.2) is 48.5 Å². The number of nitrogens with zero attached hydrogens (tertiary/aromatic N) is 1. The van der Waals surface area contributed by atoms with Crippen molar-refractivity contribution < 1.29 is 14.3 Å². The molecular formula is C20H22N2O3. The average Bonchev–Trinajstić information content (AvgIpc) is 2.62. The molecule has 0 spiro atoms. The first kappa shape index (κ1) is 17.0. The molecule has 1 aliphatic heterocycles. The van der Waals surface area contributed by atoms with E-state index in [1.807, 2.05) is 24.3 Å². The van der Waals surface area contributed by atoms with Crippen LogP contribution in [0.2, 0.25) is 0 Å². The lowest BCUT2D eigenvalue weighted by molar-refractivity contribution is -0.122. The second-order valence-corrected chi connectivity index (χ2v) is 6.14. The first-order valence-electron chi connectivity index (χ1n) is 8.48. The van der Waals surface area contributed by atoms with Crippen LogP contribution in [-0.2, 0) is 16.0 Å². The summed E-state index contributed by atoms with van der Waals surface area (Å²) in [5.41, 5.74) is 3.15. The summed E-state index contributed by atoms with van der Waals surface area (Å²) in [4.78, 5) is 25.8. The third-order valence-electron chi connectivity index (χ3n) is 4.23. The summed E-state index contributed by atoms with van der Waals surface area (Å²) in [6.45, 7) is 3.02. The molecule has 0 aliphatic carbocycles. The molecule has 3 rings (SSSR count). The van der Waals surface area contributed by atoms with Crippen molar-refractivity contribution >= 4 is 17.5 Å². The summed E-state index contributed by atoms with van der Waals surface area (Å²) < 4.78 is 5.40. The third kappa shape index (κ3) is 4.38. The van der Waals surface area contributed by atoms with Gasteiger partial charge in [-0.15, -0.1) is 0 Å². The smallest absolute Gasteiger partial charge is 0.265 e. The van der Waals surface area contributed by atoms with E-state index in [4.69, 9.17) is 4.74 Å². The van der Waals surface area contributed by atoms with Crippen LogP contribution < -0.4 is 15.0 Å². The molecule has 0 saturated heterocycles. The third-order valence-corrected chi connectivity index (χ3v) is 4.23. The number of aryl methyl sites for hydroxylation is 1. The quantitative estimate of drug-likeness (QED) is 0.880. The maximum atomic E-state index is 12.1. The molecule has 5 nitrogen and oxygen atoms in total. The number of rotatable bonds is 6. The molecule has 25 heavy (non-hydrogen) atoms. The lowest BCUT2D eigenvalue weighted by Gasteiger charge is -2.29. The summed E-state index contributed by atoms with van der Waals surface area (Å²) in [7, 11) is 0. The summed E-state index contributed by atoms with van der Waals surface area (Å²) in [5.74, 6) is 0.511. The zero-order valence-electron chi connectivity index (χ0n) is 14.3. The highest BCUT2D eigenvalue weighted by atomic mass is 16.5. The van der Waals surface area contributed by atoms with Crippen molar-refractivity contribution in [3.8, 4) is 5.75 Å². The Bertz CT molecular complexity index is 756. The Balaban J connectivity index is 1.47. The first-order valence-corrected chi connectivity index (χ1v) is 8.48. The first-order chi connectivity index (χ1) is 12.1. The Morgan fingerprint density at radius 2 is 1.92 bits per heavy atom. The van der Waals surface area contributed by atoms with E-state index in [1.165, 1.54) is 11.1 Å². The number of amides is 2. The summed E-state index contributed by atoms with van der Waals surface area (Å²) in [6, 6.07) is 15.7. The van der Waals surface area contributed by atoms with Crippen molar-refractivity contribution in [2.24, 2.45) is 0 Å². The Morgan fingerprint density at radius 1 is 1.16 bits per heavy atom. The normalized spacial score (nSPS) is 13.2. The van der Waals surface area contributed by atoms with Crippen molar-refractivity contribution in [2.45, 2.75) is 19.8 Å². The van der Waals surface area contributed by atoms with Gasteiger partial charge in [-0.25, -0.2) is 0 Å². The molecule has 0 bridgehead atoms. The molecule has 0 fully saturated rings. The minimum atomic E-state index is -0.119. The minimum absolute atomic E-state index is 0.0199. The second-order valence-electron chi connectivity index (χ2n) is 6.14. The maximum absolute atomic E-state index is 12.1. The van der Waals surface area contributed by atoms with Crippen LogP contribution in [0.3, 0.4) is 0 Å². The molecule has 1 N–H and O–H groups in total. The topological polar surface area (TPSA) is 58.6 Å². The number of hydrogen-bond donors (Lipinski definition) is 1. The van der Waals surface area contributed by atoms with Gasteiger partial charge in [0.25, 0.3) is 5.91 Å². The van der Waals surface area contributed by atoms with Gasteiger partial charge < -0.3 is 15.0 Å². The molecule has 0 radical (unpaired) electrons. The fourth-order valence-corrected chi connectivity index (χ4v) is 2.80. The van der Waals surface area contributed by atoms with E-state index in [1.54, 1.807) is 4.90 Å². The molecule has 1 heterocycles. The van der Waals surface area contributed by atoms with Crippen LogP contribution >= 0.6 is 0 Å². The van der Waals surface area contributed by atoms with Crippen LogP contribution in [0, 0.1) is 6.92 Å². The predicted molar refractivity (Wildman–Crippen MR) is 96.8 cm³/mol. The second kappa shape index (κ2) is 7.83. The van der Waals surface area contributed by atoms with Gasteiger partial charge in [0.05, 0.1) is 5.69 Å². The zero-order chi connectivity index (χ0) is 17.6. The number of hydrogen-bond acceptors (Lipinski definition) is 3. The number of carbonyl (C=O) groups is 2. The average molecular weight is 338 g/mol. The number of ether oxygens (including phenoxy) is 1. The van der Waals surface area contributed by atoms with Crippen LogP contribution in [0.4, 0.5) is 5.69 Å². The molecule has 130 valence electrons. The Morgan fingerprint density at radius 3 is 2.72 bits per heavy atom. The number of para-hydroxylation sites is 2. The van der Waals surface area contributed by atoms with E-state index < -0.39 is 0 Å². The van der Waals surface area contributed by atoms with Crippen LogP contribution in [0.1, 0.15) is 17.5 Å². The monoisotopic (exact) mass is 338 g/mol. The van der Waals surface area contributed by atoms with Crippen molar-refractivity contribution in [1.82, 2.24) is 5.32 Å². The summed E-state index contributed by atoms with van der Waals surface area (Å²) in [6.07, 6.45) is 1.07. The van der Waals surface area contributed by atoms with E-state index in [0.717, 1.165) is 12.1 Å². The number of benzene rings is 2. The minimum Gasteiger partial charge on any atom is -0.482 e. The largest absolute Gasteiger partial charge is 0.482 e. The predicted octanol–water partition coefficient (Wildman–Crippen LogP) is 2.47. The van der Waals surface area contributed by atoms with E-state index in [9.17, 15) is 9.59 Å². The number of fused-ring (bicyclic) bond motifs is 1. The molecule has 0 unspecified atom stereocenters. The number of anilines is 1. The number of carbonyl (C=O) groups excluding carboxylic acids is 2. The van der Waals surface area contributed by atoms with Crippen molar-refractivity contribution in [2.75, 3.05) is 24.6 Å². The van der Waals surface area contributed by atoms with Crippen LogP contribution in [-0.4, -0.2) is 31.5 Å². The SMILES string of the molecule is Cc1ccc(CCNC(=O)CCN2C(=O)COc3ccccc32)cc1.